The summed E-state index contributed by atoms with van der Waals surface area (Å²) in [6, 6.07) is 6.73. The lowest BCUT2D eigenvalue weighted by atomic mass is 9.90. The van der Waals surface area contributed by atoms with Gasteiger partial charge >= 0.3 is 5.97 Å². The summed E-state index contributed by atoms with van der Waals surface area (Å²) < 4.78 is 5.08. The number of esters is 1. The third kappa shape index (κ3) is 3.45. The molecule has 0 aromatic heterocycles. The lowest BCUT2D eigenvalue weighted by molar-refractivity contribution is -0.140. The molecule has 1 aromatic carbocycles. The van der Waals surface area contributed by atoms with Crippen molar-refractivity contribution in [1.82, 2.24) is 0 Å². The predicted octanol–water partition coefficient (Wildman–Crippen LogP) is 2.96. The minimum Gasteiger partial charge on any atom is -0.462 e. The van der Waals surface area contributed by atoms with Gasteiger partial charge in [-0.1, -0.05) is 50.5 Å². The van der Waals surface area contributed by atoms with Gasteiger partial charge in [0.15, 0.2) is 0 Å². The largest absolute Gasteiger partial charge is 0.462 e. The highest BCUT2D eigenvalue weighted by atomic mass is 16.5. The van der Waals surface area contributed by atoms with Crippen molar-refractivity contribution < 1.29 is 19.1 Å². The molecule has 4 heteroatoms. The Bertz CT molecular complexity index is 599. The maximum absolute atomic E-state index is 11.9. The Kier molecular flexibility index (Phi) is 5.04. The van der Waals surface area contributed by atoms with E-state index in [1.165, 1.54) is 6.08 Å². The van der Waals surface area contributed by atoms with Crippen LogP contribution in [-0.4, -0.2) is 24.1 Å². The molecular formula is C17H18O4. The number of hydrogen-bond acceptors (Lipinski definition) is 4. The van der Waals surface area contributed by atoms with Crippen LogP contribution in [0.5, 0.6) is 0 Å². The quantitative estimate of drug-likeness (QED) is 0.349. The predicted molar refractivity (Wildman–Crippen MR) is 78.9 cm³/mol. The van der Waals surface area contributed by atoms with Crippen LogP contribution >= 0.6 is 0 Å². The minimum atomic E-state index is -0.785. The molecular weight excluding hydrogens is 268 g/mol. The van der Waals surface area contributed by atoms with E-state index in [0.29, 0.717) is 11.1 Å². The summed E-state index contributed by atoms with van der Waals surface area (Å²) in [4.78, 5) is 35.8. The topological polar surface area (TPSA) is 60.4 Å². The fraction of sp³-hybridized carbons (Fsp3) is 0.353. The molecule has 1 aliphatic rings. The molecule has 110 valence electrons. The van der Waals surface area contributed by atoms with Gasteiger partial charge in [-0.25, -0.2) is 4.79 Å². The van der Waals surface area contributed by atoms with Gasteiger partial charge in [0.1, 0.15) is 5.57 Å². The smallest absolute Gasteiger partial charge is 0.342 e. The van der Waals surface area contributed by atoms with E-state index in [0.717, 1.165) is 25.7 Å². The molecule has 1 aliphatic carbocycles. The van der Waals surface area contributed by atoms with Crippen LogP contribution in [0.1, 0.15) is 48.5 Å². The van der Waals surface area contributed by atoms with E-state index in [4.69, 9.17) is 4.74 Å². The number of benzene rings is 1. The van der Waals surface area contributed by atoms with Gasteiger partial charge in [-0.2, -0.15) is 0 Å². The summed E-state index contributed by atoms with van der Waals surface area (Å²) in [5, 5.41) is 0. The number of Topliss-reactive ketones (excluding diaryl/α,β-unsaturated/α-hetero) is 2. The number of unbranched alkanes of at least 4 members (excludes halogenated alkanes) is 3. The van der Waals surface area contributed by atoms with Gasteiger partial charge in [0.25, 0.3) is 0 Å². The van der Waals surface area contributed by atoms with E-state index in [9.17, 15) is 14.4 Å². The van der Waals surface area contributed by atoms with Crippen molar-refractivity contribution in [3.05, 3.63) is 41.0 Å². The molecule has 21 heavy (non-hydrogen) atoms. The molecule has 0 fully saturated rings. The second kappa shape index (κ2) is 6.97. The fourth-order valence-corrected chi connectivity index (χ4v) is 2.22. The number of ether oxygens (including phenoxy) is 1. The van der Waals surface area contributed by atoms with Gasteiger partial charge < -0.3 is 4.74 Å². The molecule has 0 bridgehead atoms. The summed E-state index contributed by atoms with van der Waals surface area (Å²) in [6.45, 7) is 2.37. The zero-order valence-electron chi connectivity index (χ0n) is 12.1. The maximum atomic E-state index is 11.9. The van der Waals surface area contributed by atoms with Crippen molar-refractivity contribution >= 4 is 23.6 Å². The second-order valence-corrected chi connectivity index (χ2v) is 5.00. The molecule has 0 spiro atoms. The first kappa shape index (κ1) is 15.2. The molecule has 1 aromatic rings. The Morgan fingerprint density at radius 1 is 1.05 bits per heavy atom. The fourth-order valence-electron chi connectivity index (χ4n) is 2.22. The first-order valence-corrected chi connectivity index (χ1v) is 7.22. The first-order chi connectivity index (χ1) is 10.1. The van der Waals surface area contributed by atoms with Crippen LogP contribution in [0.15, 0.2) is 29.8 Å². The number of fused-ring (bicyclic) bond motifs is 1. The lowest BCUT2D eigenvalue weighted by Crippen LogP contribution is -2.27. The van der Waals surface area contributed by atoms with E-state index in [-0.39, 0.29) is 12.2 Å². The van der Waals surface area contributed by atoms with Gasteiger partial charge in [-0.15, -0.1) is 0 Å². The maximum Gasteiger partial charge on any atom is 0.342 e. The number of carbonyl (C=O) groups excluding carboxylic acids is 3. The molecule has 2 rings (SSSR count). The summed E-state index contributed by atoms with van der Waals surface area (Å²) in [5.41, 5.74) is 0.747. The average molecular weight is 286 g/mol. The van der Waals surface area contributed by atoms with Gasteiger partial charge in [-0.3, -0.25) is 9.59 Å². The molecule has 0 heterocycles. The van der Waals surface area contributed by atoms with Crippen LogP contribution < -0.4 is 0 Å². The monoisotopic (exact) mass is 286 g/mol. The van der Waals surface area contributed by atoms with Gasteiger partial charge in [0, 0.05) is 5.56 Å². The molecule has 0 aliphatic heterocycles. The van der Waals surface area contributed by atoms with Crippen LogP contribution in [0.4, 0.5) is 0 Å². The van der Waals surface area contributed by atoms with Crippen molar-refractivity contribution in [2.75, 3.05) is 6.61 Å². The summed E-state index contributed by atoms with van der Waals surface area (Å²) in [6.07, 6.45) is 5.38. The molecule has 0 radical (unpaired) electrons. The van der Waals surface area contributed by atoms with E-state index >= 15 is 0 Å². The average Bonchev–Trinajstić information content (AvgIpc) is 2.50. The highest BCUT2D eigenvalue weighted by Gasteiger charge is 2.32. The normalized spacial score (nSPS) is 13.7. The van der Waals surface area contributed by atoms with Crippen molar-refractivity contribution in [1.29, 1.82) is 0 Å². The molecule has 0 atom stereocenters. The van der Waals surface area contributed by atoms with Crippen molar-refractivity contribution in [3.8, 4) is 0 Å². The number of rotatable bonds is 6. The van der Waals surface area contributed by atoms with E-state index < -0.39 is 17.5 Å². The van der Waals surface area contributed by atoms with Crippen LogP contribution in [0, 0.1) is 0 Å². The molecule has 0 saturated heterocycles. The Labute approximate surface area is 123 Å². The van der Waals surface area contributed by atoms with Crippen LogP contribution in [0.25, 0.3) is 6.08 Å². The second-order valence-electron chi connectivity index (χ2n) is 5.00. The van der Waals surface area contributed by atoms with Crippen molar-refractivity contribution in [2.24, 2.45) is 0 Å². The number of carbonyl (C=O) groups is 3. The first-order valence-electron chi connectivity index (χ1n) is 7.22. The van der Waals surface area contributed by atoms with Crippen molar-refractivity contribution in [3.63, 3.8) is 0 Å². The van der Waals surface area contributed by atoms with Crippen LogP contribution in [0.2, 0.25) is 0 Å². The molecule has 4 nitrogen and oxygen atoms in total. The summed E-state index contributed by atoms with van der Waals surface area (Å²) >= 11 is 0. The van der Waals surface area contributed by atoms with E-state index in [1.54, 1.807) is 24.3 Å². The van der Waals surface area contributed by atoms with Gasteiger partial charge in [-0.05, 0) is 18.1 Å². The Morgan fingerprint density at radius 3 is 2.57 bits per heavy atom. The zero-order chi connectivity index (χ0) is 15.2. The van der Waals surface area contributed by atoms with Crippen LogP contribution in [-0.2, 0) is 14.3 Å². The molecule has 0 amide bonds. The number of ketones is 2. The standard InChI is InChI=1S/C17H18O4/c1-2-3-4-7-10-21-17(20)14-11-12-8-5-6-9-13(12)15(18)16(14)19/h5-6,8-9,11H,2-4,7,10H2,1H3. The van der Waals surface area contributed by atoms with E-state index in [2.05, 4.69) is 6.92 Å². The molecule has 0 N–H and O–H groups in total. The Morgan fingerprint density at radius 2 is 1.81 bits per heavy atom. The lowest BCUT2D eigenvalue weighted by Gasteiger charge is -2.13. The Balaban J connectivity index is 2.06. The van der Waals surface area contributed by atoms with Gasteiger partial charge in [0.2, 0.25) is 11.6 Å². The molecule has 0 saturated carbocycles. The summed E-state index contributed by atoms with van der Waals surface area (Å²) in [5.74, 6) is -2.14. The van der Waals surface area contributed by atoms with E-state index in [1.807, 2.05) is 0 Å². The SMILES string of the molecule is CCCCCCOC(=O)C1=Cc2ccccc2C(=O)C1=O. The minimum absolute atomic E-state index is 0.172. The number of hydrogen-bond donors (Lipinski definition) is 0. The van der Waals surface area contributed by atoms with Crippen LogP contribution in [0.3, 0.4) is 0 Å². The highest BCUT2D eigenvalue weighted by Crippen LogP contribution is 2.22. The third-order valence-electron chi connectivity index (χ3n) is 3.41. The molecule has 0 unspecified atom stereocenters. The Hall–Kier alpha value is -2.23. The highest BCUT2D eigenvalue weighted by molar-refractivity contribution is 6.56. The third-order valence-corrected chi connectivity index (χ3v) is 3.41. The van der Waals surface area contributed by atoms with Gasteiger partial charge in [0.05, 0.1) is 6.61 Å². The summed E-state index contributed by atoms with van der Waals surface area (Å²) in [7, 11) is 0. The zero-order valence-corrected chi connectivity index (χ0v) is 12.1. The van der Waals surface area contributed by atoms with Crippen molar-refractivity contribution in [2.45, 2.75) is 32.6 Å².